The smallest absolute Gasteiger partial charge is 0.274 e. The molecule has 35 heteroatoms. The minimum atomic E-state index is -0.112. The number of thiophene rings is 1. The van der Waals surface area contributed by atoms with Gasteiger partial charge >= 0.3 is 0 Å². The van der Waals surface area contributed by atoms with E-state index in [-0.39, 0.29) is 59.7 Å². The minimum absolute atomic E-state index is 0.0592. The molecule has 0 aromatic carbocycles. The maximum absolute atomic E-state index is 12.9. The van der Waals surface area contributed by atoms with Crippen molar-refractivity contribution in [1.29, 1.82) is 0 Å². The van der Waals surface area contributed by atoms with Crippen molar-refractivity contribution in [2.24, 2.45) is 0 Å². The molecule has 5 aliphatic heterocycles. The van der Waals surface area contributed by atoms with E-state index in [1.165, 1.54) is 55.9 Å². The zero-order valence-corrected chi connectivity index (χ0v) is 71.0. The molecule has 0 radical (unpaired) electrons. The fourth-order valence-electron chi connectivity index (χ4n) is 15.1. The van der Waals surface area contributed by atoms with Gasteiger partial charge in [0.25, 0.3) is 29.5 Å². The Kier molecular flexibility index (Phi) is 24.9. The van der Waals surface area contributed by atoms with Gasteiger partial charge in [0, 0.05) is 166 Å². The van der Waals surface area contributed by atoms with Crippen LogP contribution in [0.25, 0.3) is 56.1 Å². The molecule has 15 aromatic heterocycles. The number of furan rings is 1. The zero-order valence-electron chi connectivity index (χ0n) is 66.4. The molecule has 0 spiro atoms. The van der Waals surface area contributed by atoms with E-state index in [0.29, 0.717) is 115 Å². The number of pyridine rings is 2. The fourth-order valence-corrected chi connectivity index (χ4v) is 16.6. The highest BCUT2D eigenvalue weighted by atomic mass is 35.5. The molecule has 0 saturated heterocycles. The van der Waals surface area contributed by atoms with Gasteiger partial charge in [-0.2, -0.15) is 25.5 Å². The lowest BCUT2D eigenvalue weighted by molar-refractivity contribution is 0.0697. The molecule has 618 valence electrons. The van der Waals surface area contributed by atoms with Crippen LogP contribution in [0.1, 0.15) is 147 Å². The number of nitrogens with zero attached hydrogens (tertiary/aromatic N) is 22. The maximum atomic E-state index is 12.9. The molecule has 20 rings (SSSR count). The predicted molar refractivity (Wildman–Crippen MR) is 468 cm³/mol. The Balaban J connectivity index is 0.000000113. The van der Waals surface area contributed by atoms with Gasteiger partial charge in [-0.15, -0.1) is 11.3 Å². The van der Waals surface area contributed by atoms with E-state index in [2.05, 4.69) is 128 Å². The molecule has 5 unspecified atom stereocenters. The van der Waals surface area contributed by atoms with Crippen molar-refractivity contribution in [3.63, 3.8) is 0 Å². The van der Waals surface area contributed by atoms with Crippen molar-refractivity contribution in [2.45, 2.75) is 96.9 Å². The van der Waals surface area contributed by atoms with E-state index in [1.807, 2.05) is 100 Å². The van der Waals surface area contributed by atoms with Gasteiger partial charge in [0.2, 0.25) is 0 Å². The van der Waals surface area contributed by atoms with Gasteiger partial charge in [-0.05, 0) is 160 Å². The SMILES string of the molecule is CC1CC(c2ccc[nH]2)=CCN1C(=O)c1cc2ncc(Cl)cn2n1.CC1CC(c2cccnc2)=CCN1C(=O)c1cc2ncc(Cl)cn2n1.CC1CC(c2ccco2)=CCN1C(=O)c1cc2ncc(Cl)cn2n1.CC1CC(c2cccs2)=CCN1C(=O)c1cc2ncc(Cl)cn2n1.CC1CC(c2ccncc2)=CCN1C(=O)c1cc2ncc(Cl)cn2n1. The lowest BCUT2D eigenvalue weighted by Crippen LogP contribution is -2.41. The molecule has 5 aliphatic rings. The number of amides is 5. The van der Waals surface area contributed by atoms with Crippen LogP contribution in [0.15, 0.2) is 230 Å². The van der Waals surface area contributed by atoms with Crippen LogP contribution in [0.3, 0.4) is 0 Å². The van der Waals surface area contributed by atoms with Crippen LogP contribution < -0.4 is 0 Å². The average Bonchev–Trinajstić information content (AvgIpc) is 1.68. The van der Waals surface area contributed by atoms with Crippen LogP contribution in [-0.2, 0) is 0 Å². The van der Waals surface area contributed by atoms with Crippen LogP contribution in [0.2, 0.25) is 25.1 Å². The van der Waals surface area contributed by atoms with E-state index in [0.717, 1.165) is 60.3 Å². The largest absolute Gasteiger partial charge is 0.465 e. The second-order valence-electron chi connectivity index (χ2n) is 29.7. The lowest BCUT2D eigenvalue weighted by atomic mass is 9.95. The summed E-state index contributed by atoms with van der Waals surface area (Å²) in [5, 5.41) is 26.0. The average molecular weight is 1750 g/mol. The summed E-state index contributed by atoms with van der Waals surface area (Å²) in [6.45, 7) is 13.0. The number of carbonyl (C=O) groups is 5. The maximum Gasteiger partial charge on any atom is 0.274 e. The molecular formula is C87H78Cl5N23O6S. The minimum Gasteiger partial charge on any atom is -0.465 e. The third kappa shape index (κ3) is 18.7. The Morgan fingerprint density at radius 2 is 0.738 bits per heavy atom. The van der Waals surface area contributed by atoms with Gasteiger partial charge < -0.3 is 33.9 Å². The van der Waals surface area contributed by atoms with E-state index >= 15 is 0 Å². The van der Waals surface area contributed by atoms with E-state index < -0.39 is 0 Å². The molecule has 122 heavy (non-hydrogen) atoms. The summed E-state index contributed by atoms with van der Waals surface area (Å²) >= 11 is 31.3. The number of H-pyrrole nitrogens is 1. The van der Waals surface area contributed by atoms with Crippen molar-refractivity contribution in [2.75, 3.05) is 32.7 Å². The van der Waals surface area contributed by atoms with Gasteiger partial charge in [0.15, 0.2) is 56.7 Å². The molecule has 0 fully saturated rings. The molecule has 20 heterocycles. The van der Waals surface area contributed by atoms with Crippen LogP contribution in [0.4, 0.5) is 0 Å². The van der Waals surface area contributed by atoms with Crippen molar-refractivity contribution >= 4 is 155 Å². The summed E-state index contributed by atoms with van der Waals surface area (Å²) in [4.78, 5) is 107. The quantitative estimate of drug-likeness (QED) is 0.133. The second kappa shape index (κ2) is 36.6. The zero-order chi connectivity index (χ0) is 84.8. The standard InChI is InChI=1S/2C18H16ClN5O.C17H16ClN5O.C17H15ClN4O2.C17H15ClN4OS/c1-12-8-14(13-2-5-20-6-3-13)4-7-23(12)18(25)16-9-17-21-10-15(19)11-24(17)22-16;1-12-7-13(14-3-2-5-20-9-14)4-6-23(12)18(25)16-8-17-21-10-15(19)11-24(17)22-16;1-11-7-12(14-3-2-5-19-14)4-6-22(11)17(24)15-8-16-20-9-13(18)10-23(16)21-15;2*1-11-7-12(15-3-2-6-24-15)4-5-21(11)17(23)14-8-16-19-9-13(18)10-22(16)20-14/h2-6,9-12H,7-8H2,1H3;2-5,8-12H,6-7H2,1H3;2-5,8-11,19H,6-7H2,1H3;2*2-4,6,8-11H,5,7H2,1H3. The number of hydrogen-bond acceptors (Lipinski definition) is 19. The first kappa shape index (κ1) is 82.8. The summed E-state index contributed by atoms with van der Waals surface area (Å²) in [5.41, 5.74) is 14.4. The Labute approximate surface area is 727 Å². The number of hydrogen-bond donors (Lipinski definition) is 1. The Bertz CT molecular complexity index is 6010. The van der Waals surface area contributed by atoms with Crippen LogP contribution >= 0.6 is 69.3 Å². The van der Waals surface area contributed by atoms with Crippen LogP contribution in [0.5, 0.6) is 0 Å². The molecule has 0 bridgehead atoms. The first-order valence-corrected chi connectivity index (χ1v) is 41.9. The van der Waals surface area contributed by atoms with E-state index in [4.69, 9.17) is 62.4 Å². The molecule has 29 nitrogen and oxygen atoms in total. The lowest BCUT2D eigenvalue weighted by Gasteiger charge is -2.32. The van der Waals surface area contributed by atoms with E-state index in [1.54, 1.807) is 127 Å². The van der Waals surface area contributed by atoms with Crippen molar-refractivity contribution in [1.82, 2.24) is 112 Å². The normalized spacial score (nSPS) is 17.8. The highest BCUT2D eigenvalue weighted by molar-refractivity contribution is 7.11. The first-order valence-electron chi connectivity index (χ1n) is 39.2. The Morgan fingerprint density at radius 1 is 0.377 bits per heavy atom. The van der Waals surface area contributed by atoms with Gasteiger partial charge in [-0.1, -0.05) is 101 Å². The highest BCUT2D eigenvalue weighted by Gasteiger charge is 2.34. The van der Waals surface area contributed by atoms with Crippen molar-refractivity contribution in [3.8, 4) is 0 Å². The molecule has 0 saturated carbocycles. The summed E-state index contributed by atoms with van der Waals surface area (Å²) in [6, 6.07) is 28.9. The van der Waals surface area contributed by atoms with Crippen LogP contribution in [0, 0.1) is 0 Å². The number of rotatable bonds is 10. The molecule has 5 atom stereocenters. The third-order valence-electron chi connectivity index (χ3n) is 21.4. The number of nitrogens with one attached hydrogen (secondary N) is 1. The van der Waals surface area contributed by atoms with Gasteiger partial charge in [-0.3, -0.25) is 33.9 Å². The van der Waals surface area contributed by atoms with Crippen molar-refractivity contribution < 1.29 is 28.4 Å². The van der Waals surface area contributed by atoms with E-state index in [9.17, 15) is 24.0 Å². The number of halogens is 5. The number of aromatic nitrogens is 18. The molecule has 1 N–H and O–H groups in total. The summed E-state index contributed by atoms with van der Waals surface area (Å²) < 4.78 is 13.1. The van der Waals surface area contributed by atoms with Gasteiger partial charge in [-0.25, -0.2) is 47.5 Å². The Morgan fingerprint density at radius 3 is 1.08 bits per heavy atom. The van der Waals surface area contributed by atoms with Crippen molar-refractivity contribution in [3.05, 3.63) is 307 Å². The number of aromatic amines is 1. The topological polar surface area (TPSA) is 307 Å². The predicted octanol–water partition coefficient (Wildman–Crippen LogP) is 16.3. The third-order valence-corrected chi connectivity index (χ3v) is 23.3. The molecule has 5 amide bonds. The number of fused-ring (bicyclic) bond motifs is 5. The molecule has 15 aromatic rings. The first-order chi connectivity index (χ1) is 59.1. The monoisotopic (exact) mass is 1750 g/mol. The summed E-state index contributed by atoms with van der Waals surface area (Å²) in [7, 11) is 0. The van der Waals surface area contributed by atoms with Gasteiger partial charge in [0.1, 0.15) is 5.76 Å². The molecule has 0 aliphatic carbocycles. The fraction of sp³-hybridized carbons (Fsp3) is 0.230. The van der Waals surface area contributed by atoms with Gasteiger partial charge in [0.05, 0.1) is 62.4 Å². The van der Waals surface area contributed by atoms with Crippen LogP contribution in [-0.4, -0.2) is 205 Å². The number of carbonyl (C=O) groups excluding carboxylic acids is 5. The Hall–Kier alpha value is -12.8. The summed E-state index contributed by atoms with van der Waals surface area (Å²) in [5.74, 6) is 0.380. The molecular weight excluding hydrogens is 1670 g/mol. The second-order valence-corrected chi connectivity index (χ2v) is 32.9. The highest BCUT2D eigenvalue weighted by Crippen LogP contribution is 2.34. The summed E-state index contributed by atoms with van der Waals surface area (Å²) in [6.07, 6.45) is 41.1.